The van der Waals surface area contributed by atoms with Crippen molar-refractivity contribution < 1.29 is 4.79 Å². The van der Waals surface area contributed by atoms with Crippen LogP contribution in [0.4, 0.5) is 0 Å². The molecule has 0 atom stereocenters. The number of fused-ring (bicyclic) bond motifs is 1. The fraction of sp³-hybridized carbons (Fsp3) is 0.471. The van der Waals surface area contributed by atoms with Crippen molar-refractivity contribution in [3.05, 3.63) is 39.4 Å². The summed E-state index contributed by atoms with van der Waals surface area (Å²) >= 11 is 1.67. The van der Waals surface area contributed by atoms with Crippen molar-refractivity contribution in [1.29, 1.82) is 0 Å². The van der Waals surface area contributed by atoms with Crippen molar-refractivity contribution in [2.45, 2.75) is 47.7 Å². The second-order valence-corrected chi connectivity index (χ2v) is 7.37. The first kappa shape index (κ1) is 16.7. The Labute approximate surface area is 145 Å². The van der Waals surface area contributed by atoms with Crippen molar-refractivity contribution in [3.8, 4) is 0 Å². The largest absolute Gasteiger partial charge is 0.336 e. The molecule has 0 fully saturated rings. The number of hydrogen-bond acceptors (Lipinski definition) is 4. The van der Waals surface area contributed by atoms with Crippen LogP contribution < -0.4 is 0 Å². The predicted molar refractivity (Wildman–Crippen MR) is 95.7 cm³/mol. The first-order valence-electron chi connectivity index (χ1n) is 8.06. The van der Waals surface area contributed by atoms with E-state index in [1.165, 1.54) is 4.88 Å². The molecule has 0 unspecified atom stereocenters. The van der Waals surface area contributed by atoms with Crippen LogP contribution >= 0.6 is 11.3 Å². The molecule has 0 saturated carbocycles. The minimum Gasteiger partial charge on any atom is -0.336 e. The highest BCUT2D eigenvalue weighted by molar-refractivity contribution is 7.17. The summed E-state index contributed by atoms with van der Waals surface area (Å²) in [6.45, 7) is 11.2. The van der Waals surface area contributed by atoms with E-state index in [0.29, 0.717) is 12.1 Å². The molecular formula is C17H23N5OS. The fourth-order valence-electron chi connectivity index (χ4n) is 3.10. The van der Waals surface area contributed by atoms with Crippen molar-refractivity contribution >= 4 is 22.2 Å². The maximum atomic E-state index is 12.9. The van der Waals surface area contributed by atoms with E-state index in [2.05, 4.69) is 27.6 Å². The molecule has 0 aliphatic rings. The minimum atomic E-state index is 0.00556. The van der Waals surface area contributed by atoms with Gasteiger partial charge in [-0.15, -0.1) is 11.3 Å². The van der Waals surface area contributed by atoms with Gasteiger partial charge in [-0.2, -0.15) is 5.10 Å². The van der Waals surface area contributed by atoms with E-state index >= 15 is 0 Å². The monoisotopic (exact) mass is 345 g/mol. The van der Waals surface area contributed by atoms with Crippen molar-refractivity contribution in [3.63, 3.8) is 0 Å². The molecule has 3 aromatic rings. The first-order valence-corrected chi connectivity index (χ1v) is 8.88. The Hall–Kier alpha value is -2.15. The average Bonchev–Trinajstić information content (AvgIpc) is 3.11. The summed E-state index contributed by atoms with van der Waals surface area (Å²) in [4.78, 5) is 21.5. The molecule has 0 N–H and O–H groups in total. The molecule has 128 valence electrons. The third kappa shape index (κ3) is 2.62. The molecule has 0 aliphatic carbocycles. The Kier molecular flexibility index (Phi) is 4.21. The van der Waals surface area contributed by atoms with E-state index in [9.17, 15) is 4.79 Å². The summed E-state index contributed by atoms with van der Waals surface area (Å²) in [6.07, 6.45) is 2.08. The zero-order valence-electron chi connectivity index (χ0n) is 15.0. The van der Waals surface area contributed by atoms with E-state index in [4.69, 9.17) is 0 Å². The average molecular weight is 345 g/mol. The van der Waals surface area contributed by atoms with Crippen LogP contribution in [-0.4, -0.2) is 37.0 Å². The molecule has 3 heterocycles. The highest BCUT2D eigenvalue weighted by Gasteiger charge is 2.23. The summed E-state index contributed by atoms with van der Waals surface area (Å²) in [7, 11) is 1.84. The van der Waals surface area contributed by atoms with Crippen LogP contribution in [0.15, 0.2) is 6.20 Å². The van der Waals surface area contributed by atoms with Crippen molar-refractivity contribution in [1.82, 2.24) is 24.1 Å². The zero-order chi connectivity index (χ0) is 17.6. The zero-order valence-corrected chi connectivity index (χ0v) is 15.9. The second kappa shape index (κ2) is 6.05. The van der Waals surface area contributed by atoms with Crippen molar-refractivity contribution in [2.75, 3.05) is 7.05 Å². The Morgan fingerprint density at radius 3 is 2.58 bits per heavy atom. The van der Waals surface area contributed by atoms with Crippen LogP contribution in [0.25, 0.3) is 4.96 Å². The van der Waals surface area contributed by atoms with Gasteiger partial charge < -0.3 is 4.90 Å². The van der Waals surface area contributed by atoms with Crippen molar-refractivity contribution in [2.24, 2.45) is 0 Å². The first-order chi connectivity index (χ1) is 11.3. The molecular weight excluding hydrogens is 322 g/mol. The van der Waals surface area contributed by atoms with Gasteiger partial charge in [-0.05, 0) is 34.6 Å². The lowest BCUT2D eigenvalue weighted by atomic mass is 10.1. The Bertz CT molecular complexity index is 917. The van der Waals surface area contributed by atoms with Gasteiger partial charge in [0.1, 0.15) is 0 Å². The quantitative estimate of drug-likeness (QED) is 0.730. The number of aromatic nitrogens is 4. The highest BCUT2D eigenvalue weighted by Crippen LogP contribution is 2.23. The topological polar surface area (TPSA) is 55.4 Å². The van der Waals surface area contributed by atoms with Gasteiger partial charge in [0.15, 0.2) is 4.96 Å². The van der Waals surface area contributed by atoms with Gasteiger partial charge in [-0.25, -0.2) is 4.98 Å². The fourth-order valence-corrected chi connectivity index (χ4v) is 3.99. The van der Waals surface area contributed by atoms with Gasteiger partial charge in [0, 0.05) is 30.4 Å². The van der Waals surface area contributed by atoms with E-state index in [1.807, 2.05) is 39.4 Å². The molecule has 3 rings (SSSR count). The number of thiazole rings is 1. The van der Waals surface area contributed by atoms with Gasteiger partial charge in [0.25, 0.3) is 5.91 Å². The minimum absolute atomic E-state index is 0.00556. The normalized spacial score (nSPS) is 11.4. The van der Waals surface area contributed by atoms with Gasteiger partial charge >= 0.3 is 0 Å². The number of rotatable bonds is 4. The lowest BCUT2D eigenvalue weighted by Gasteiger charge is -2.17. The number of carbonyl (C=O) groups is 1. The Morgan fingerprint density at radius 2 is 1.96 bits per heavy atom. The van der Waals surface area contributed by atoms with E-state index in [1.54, 1.807) is 16.2 Å². The third-order valence-electron chi connectivity index (χ3n) is 4.37. The number of nitrogens with zero attached hydrogens (tertiary/aromatic N) is 5. The summed E-state index contributed by atoms with van der Waals surface area (Å²) < 4.78 is 3.97. The molecule has 0 aliphatic heterocycles. The SMILES string of the molecule is CCn1nc(C)c(C(=O)N(C)Cc2c(C)nc3sc(C)cn23)c1C. The van der Waals surface area contributed by atoms with E-state index in [0.717, 1.165) is 34.3 Å². The van der Waals surface area contributed by atoms with Gasteiger partial charge in [0.2, 0.25) is 0 Å². The van der Waals surface area contributed by atoms with Crippen LogP contribution in [-0.2, 0) is 13.1 Å². The lowest BCUT2D eigenvalue weighted by Crippen LogP contribution is -2.28. The van der Waals surface area contributed by atoms with E-state index in [-0.39, 0.29) is 5.91 Å². The maximum Gasteiger partial charge on any atom is 0.257 e. The lowest BCUT2D eigenvalue weighted by molar-refractivity contribution is 0.0781. The Balaban J connectivity index is 1.91. The molecule has 0 bridgehead atoms. The van der Waals surface area contributed by atoms with Gasteiger partial charge in [0.05, 0.1) is 29.2 Å². The number of amides is 1. The summed E-state index contributed by atoms with van der Waals surface area (Å²) in [5.41, 5.74) is 4.45. The molecule has 7 heteroatoms. The van der Waals surface area contributed by atoms with Gasteiger partial charge in [-0.1, -0.05) is 0 Å². The standard InChI is InChI=1S/C17H23N5OS/c1-7-22-13(5)15(12(4)19-22)16(23)20(6)9-14-11(3)18-17-21(14)8-10(2)24-17/h8H,7,9H2,1-6H3. The van der Waals surface area contributed by atoms with Crippen LogP contribution in [0.1, 0.15) is 44.9 Å². The number of aryl methyl sites for hydroxylation is 4. The molecule has 3 aromatic heterocycles. The number of hydrogen-bond donors (Lipinski definition) is 0. The molecule has 0 radical (unpaired) electrons. The van der Waals surface area contributed by atoms with Crippen LogP contribution in [0.5, 0.6) is 0 Å². The summed E-state index contributed by atoms with van der Waals surface area (Å²) in [6, 6.07) is 0. The van der Waals surface area contributed by atoms with Crippen LogP contribution in [0, 0.1) is 27.7 Å². The smallest absolute Gasteiger partial charge is 0.257 e. The van der Waals surface area contributed by atoms with Crippen LogP contribution in [0.2, 0.25) is 0 Å². The molecule has 0 spiro atoms. The number of imidazole rings is 1. The second-order valence-electron chi connectivity index (χ2n) is 6.16. The molecule has 0 aromatic carbocycles. The highest BCUT2D eigenvalue weighted by atomic mass is 32.1. The third-order valence-corrected chi connectivity index (χ3v) is 5.27. The molecule has 1 amide bonds. The summed E-state index contributed by atoms with van der Waals surface area (Å²) in [5, 5.41) is 4.45. The van der Waals surface area contributed by atoms with E-state index < -0.39 is 0 Å². The summed E-state index contributed by atoms with van der Waals surface area (Å²) in [5.74, 6) is 0.00556. The molecule has 6 nitrogen and oxygen atoms in total. The van der Waals surface area contributed by atoms with Gasteiger partial charge in [-0.3, -0.25) is 13.9 Å². The Morgan fingerprint density at radius 1 is 1.25 bits per heavy atom. The van der Waals surface area contributed by atoms with Crippen LogP contribution in [0.3, 0.4) is 0 Å². The maximum absolute atomic E-state index is 12.9. The predicted octanol–water partition coefficient (Wildman–Crippen LogP) is 3.12. The molecule has 0 saturated heterocycles. The number of carbonyl (C=O) groups excluding carboxylic acids is 1. The molecule has 24 heavy (non-hydrogen) atoms.